The number of hydrogen-bond donors (Lipinski definition) is 0. The number of carbonyl (C=O) groups is 4. The van der Waals surface area contributed by atoms with E-state index in [0.29, 0.717) is 30.6 Å². The van der Waals surface area contributed by atoms with Crippen LogP contribution in [0.2, 0.25) is 0 Å². The number of carbonyl (C=O) groups excluding carboxylic acids is 4. The van der Waals surface area contributed by atoms with Crippen LogP contribution in [0.5, 0.6) is 0 Å². The fraction of sp³-hybridized carbons (Fsp3) is 0.308. The molecule has 0 N–H and O–H groups in total. The summed E-state index contributed by atoms with van der Waals surface area (Å²) < 4.78 is 0. The molecule has 2 aliphatic heterocycles. The van der Waals surface area contributed by atoms with Gasteiger partial charge in [0.2, 0.25) is 23.6 Å². The van der Waals surface area contributed by atoms with Crippen LogP contribution in [0, 0.1) is 29.6 Å². The number of imide groups is 2. The molecule has 6 nitrogen and oxygen atoms in total. The Hall–Kier alpha value is -3.54. The van der Waals surface area contributed by atoms with Crippen LogP contribution in [-0.2, 0) is 19.2 Å². The second-order valence-electron chi connectivity index (χ2n) is 9.10. The predicted molar refractivity (Wildman–Crippen MR) is 117 cm³/mol. The van der Waals surface area contributed by atoms with Gasteiger partial charge in [0.25, 0.3) is 0 Å². The smallest absolute Gasteiger partial charge is 0.238 e. The van der Waals surface area contributed by atoms with Crippen molar-refractivity contribution in [2.75, 3.05) is 9.80 Å². The van der Waals surface area contributed by atoms with Crippen LogP contribution in [0.4, 0.5) is 11.4 Å². The van der Waals surface area contributed by atoms with Gasteiger partial charge in [-0.2, -0.15) is 0 Å². The van der Waals surface area contributed by atoms with Gasteiger partial charge in [-0.25, -0.2) is 0 Å². The Bertz CT molecular complexity index is 1170. The maximum atomic E-state index is 13.4. The lowest BCUT2D eigenvalue weighted by molar-refractivity contribution is -0.125. The predicted octanol–water partition coefficient (Wildman–Crippen LogP) is 3.34. The van der Waals surface area contributed by atoms with Crippen molar-refractivity contribution in [3.8, 4) is 0 Å². The molecule has 0 unspecified atom stereocenters. The van der Waals surface area contributed by atoms with Gasteiger partial charge in [-0.1, -0.05) is 48.0 Å². The molecule has 1 saturated carbocycles. The summed E-state index contributed by atoms with van der Waals surface area (Å²) in [6.07, 6.45) is 3.48. The Labute approximate surface area is 185 Å². The molecule has 4 amide bonds. The second kappa shape index (κ2) is 6.99. The lowest BCUT2D eigenvalue weighted by atomic mass is 9.62. The Morgan fingerprint density at radius 3 is 1.75 bits per heavy atom. The molecule has 2 aliphatic carbocycles. The average Bonchev–Trinajstić information content (AvgIpc) is 3.23. The molecule has 0 bridgehead atoms. The minimum Gasteiger partial charge on any atom is -0.274 e. The van der Waals surface area contributed by atoms with Crippen LogP contribution < -0.4 is 9.80 Å². The molecule has 0 aromatic heterocycles. The quantitative estimate of drug-likeness (QED) is 0.545. The highest BCUT2D eigenvalue weighted by molar-refractivity contribution is 6.23. The first-order chi connectivity index (χ1) is 15.6. The Balaban J connectivity index is 1.32. The number of nitrogens with zero attached hydrogens (tertiary/aromatic N) is 2. The Morgan fingerprint density at radius 2 is 1.12 bits per heavy atom. The van der Waals surface area contributed by atoms with Crippen molar-refractivity contribution in [1.29, 1.82) is 0 Å². The molecular formula is C26H22N2O4. The van der Waals surface area contributed by atoms with Gasteiger partial charge in [0.05, 0.1) is 35.0 Å². The van der Waals surface area contributed by atoms with E-state index >= 15 is 0 Å². The van der Waals surface area contributed by atoms with Crippen molar-refractivity contribution >= 4 is 35.0 Å². The number of benzene rings is 2. The lowest BCUT2D eigenvalue weighted by Crippen LogP contribution is -2.39. The van der Waals surface area contributed by atoms with E-state index in [1.807, 2.05) is 42.5 Å². The van der Waals surface area contributed by atoms with E-state index in [0.717, 1.165) is 5.57 Å². The van der Waals surface area contributed by atoms with Gasteiger partial charge in [0, 0.05) is 0 Å². The summed E-state index contributed by atoms with van der Waals surface area (Å²) in [5.41, 5.74) is 2.24. The Kier molecular flexibility index (Phi) is 4.18. The molecule has 32 heavy (non-hydrogen) atoms. The molecule has 3 fully saturated rings. The fourth-order valence-electron chi connectivity index (χ4n) is 6.11. The van der Waals surface area contributed by atoms with Crippen molar-refractivity contribution < 1.29 is 19.2 Å². The van der Waals surface area contributed by atoms with Gasteiger partial charge in [-0.15, -0.1) is 0 Å². The van der Waals surface area contributed by atoms with E-state index in [-0.39, 0.29) is 35.5 Å². The fourth-order valence-corrected chi connectivity index (χ4v) is 6.11. The third-order valence-corrected chi connectivity index (χ3v) is 7.57. The molecule has 6 heteroatoms. The molecule has 2 saturated heterocycles. The number of anilines is 2. The highest BCUT2D eigenvalue weighted by Crippen LogP contribution is 2.53. The first-order valence-corrected chi connectivity index (χ1v) is 11.1. The van der Waals surface area contributed by atoms with Gasteiger partial charge in [0.1, 0.15) is 0 Å². The number of rotatable bonds is 2. The van der Waals surface area contributed by atoms with Crippen LogP contribution in [0.25, 0.3) is 0 Å². The van der Waals surface area contributed by atoms with E-state index in [1.165, 1.54) is 9.80 Å². The second-order valence-corrected chi connectivity index (χ2v) is 9.10. The van der Waals surface area contributed by atoms with E-state index in [2.05, 4.69) is 0 Å². The SMILES string of the molecule is O=C1[C@H]2[C@H](CC=C3C[C@@H]4C(=O)N(c5ccccc5)C(=O)[C@@H]4C[C@H]32)C(=O)N1c1ccccc1. The first-order valence-electron chi connectivity index (χ1n) is 11.1. The van der Waals surface area contributed by atoms with Crippen LogP contribution in [0.1, 0.15) is 19.3 Å². The molecule has 0 spiro atoms. The highest BCUT2D eigenvalue weighted by atomic mass is 16.2. The van der Waals surface area contributed by atoms with Crippen LogP contribution in [0.3, 0.4) is 0 Å². The highest BCUT2D eigenvalue weighted by Gasteiger charge is 2.59. The zero-order valence-corrected chi connectivity index (χ0v) is 17.4. The molecule has 0 radical (unpaired) electrons. The average molecular weight is 426 g/mol. The largest absolute Gasteiger partial charge is 0.274 e. The summed E-state index contributed by atoms with van der Waals surface area (Å²) >= 11 is 0. The van der Waals surface area contributed by atoms with E-state index in [1.54, 1.807) is 24.3 Å². The first kappa shape index (κ1) is 19.2. The van der Waals surface area contributed by atoms with Crippen LogP contribution in [0.15, 0.2) is 72.3 Å². The van der Waals surface area contributed by atoms with Gasteiger partial charge in [-0.05, 0) is 49.4 Å². The topological polar surface area (TPSA) is 74.8 Å². The summed E-state index contributed by atoms with van der Waals surface area (Å²) in [5, 5.41) is 0. The summed E-state index contributed by atoms with van der Waals surface area (Å²) in [6, 6.07) is 18.0. The van der Waals surface area contributed by atoms with Gasteiger partial charge >= 0.3 is 0 Å². The summed E-state index contributed by atoms with van der Waals surface area (Å²) in [4.78, 5) is 55.6. The van der Waals surface area contributed by atoms with Gasteiger partial charge in [-0.3, -0.25) is 29.0 Å². The number of fused-ring (bicyclic) bond motifs is 4. The molecule has 5 atom stereocenters. The number of hydrogen-bond acceptors (Lipinski definition) is 4. The van der Waals surface area contributed by atoms with Crippen molar-refractivity contribution in [2.24, 2.45) is 29.6 Å². The standard InChI is InChI=1S/C26H22N2O4/c29-23-18-12-11-15-13-20-21(25(31)27(24(20)30)16-7-3-1-4-8-16)14-19(15)22(18)26(32)28(23)17-9-5-2-6-10-17/h1-11,18-22H,12-14H2/t18-,19+,20-,21+,22-/m0/s1. The van der Waals surface area contributed by atoms with Gasteiger partial charge < -0.3 is 0 Å². The lowest BCUT2D eigenvalue weighted by Gasteiger charge is -2.38. The molecular weight excluding hydrogens is 404 g/mol. The van der Waals surface area contributed by atoms with Crippen molar-refractivity contribution in [3.05, 3.63) is 72.3 Å². The third kappa shape index (κ3) is 2.58. The van der Waals surface area contributed by atoms with Crippen molar-refractivity contribution in [2.45, 2.75) is 19.3 Å². The monoisotopic (exact) mass is 426 g/mol. The van der Waals surface area contributed by atoms with E-state index in [4.69, 9.17) is 0 Å². The van der Waals surface area contributed by atoms with E-state index in [9.17, 15) is 19.2 Å². The minimum atomic E-state index is -0.461. The number of amides is 4. The molecule has 2 aromatic rings. The maximum Gasteiger partial charge on any atom is 0.238 e. The van der Waals surface area contributed by atoms with Crippen LogP contribution >= 0.6 is 0 Å². The van der Waals surface area contributed by atoms with Crippen molar-refractivity contribution in [1.82, 2.24) is 0 Å². The number of allylic oxidation sites excluding steroid dienone is 2. The maximum absolute atomic E-state index is 13.4. The molecule has 2 heterocycles. The normalized spacial score (nSPS) is 31.4. The molecule has 160 valence electrons. The summed E-state index contributed by atoms with van der Waals surface area (Å²) in [6.45, 7) is 0. The molecule has 4 aliphatic rings. The van der Waals surface area contributed by atoms with E-state index < -0.39 is 17.8 Å². The van der Waals surface area contributed by atoms with Gasteiger partial charge in [0.15, 0.2) is 0 Å². The summed E-state index contributed by atoms with van der Waals surface area (Å²) in [7, 11) is 0. The Morgan fingerprint density at radius 1 is 0.594 bits per heavy atom. The van der Waals surface area contributed by atoms with Crippen molar-refractivity contribution in [3.63, 3.8) is 0 Å². The minimum absolute atomic E-state index is 0.160. The zero-order valence-electron chi connectivity index (χ0n) is 17.4. The third-order valence-electron chi connectivity index (χ3n) is 7.57. The molecule has 6 rings (SSSR count). The zero-order chi connectivity index (χ0) is 22.0. The summed E-state index contributed by atoms with van der Waals surface area (Å²) in [5.74, 6) is -2.57. The van der Waals surface area contributed by atoms with Crippen LogP contribution in [-0.4, -0.2) is 23.6 Å². The molecule has 2 aromatic carbocycles. The number of para-hydroxylation sites is 2.